The van der Waals surface area contributed by atoms with E-state index in [9.17, 15) is 4.79 Å². The van der Waals surface area contributed by atoms with E-state index in [1.165, 1.54) is 0 Å². The standard InChI is InChI=1S/C20H22ClN5O/c21-20-24-9-15(10-25-20)11-26-12-17-16(18(17)13-26)5-7-23-19(27)4-3-14-2-1-6-22-8-14/h1-4,6,8-10,16-18H,5,7,11-13H2,(H,23,27)/b4-3+/t16-,17+,18-. The van der Waals surface area contributed by atoms with E-state index in [-0.39, 0.29) is 5.91 Å². The first-order chi connectivity index (χ1) is 13.2. The molecule has 1 aliphatic heterocycles. The minimum atomic E-state index is -0.0472. The highest BCUT2D eigenvalue weighted by molar-refractivity contribution is 6.28. The van der Waals surface area contributed by atoms with Gasteiger partial charge in [-0.2, -0.15) is 0 Å². The molecule has 0 radical (unpaired) electrons. The maximum absolute atomic E-state index is 11.9. The highest BCUT2D eigenvalue weighted by Crippen LogP contribution is 2.53. The molecule has 6 nitrogen and oxygen atoms in total. The van der Waals surface area contributed by atoms with Crippen molar-refractivity contribution in [2.75, 3.05) is 19.6 Å². The maximum Gasteiger partial charge on any atom is 0.244 e. The summed E-state index contributed by atoms with van der Waals surface area (Å²) < 4.78 is 0. The van der Waals surface area contributed by atoms with Gasteiger partial charge in [0.15, 0.2) is 0 Å². The van der Waals surface area contributed by atoms with Crippen molar-refractivity contribution in [3.63, 3.8) is 0 Å². The van der Waals surface area contributed by atoms with Crippen LogP contribution in [0.25, 0.3) is 6.08 Å². The molecule has 1 saturated carbocycles. The van der Waals surface area contributed by atoms with Gasteiger partial charge < -0.3 is 5.32 Å². The molecule has 4 rings (SSSR count). The molecule has 0 unspecified atom stereocenters. The van der Waals surface area contributed by atoms with Crippen LogP contribution in [0.5, 0.6) is 0 Å². The Morgan fingerprint density at radius 1 is 1.26 bits per heavy atom. The Kier molecular flexibility index (Phi) is 5.45. The van der Waals surface area contributed by atoms with Crippen molar-refractivity contribution >= 4 is 23.6 Å². The molecular weight excluding hydrogens is 362 g/mol. The predicted octanol–water partition coefficient (Wildman–Crippen LogP) is 2.42. The van der Waals surface area contributed by atoms with Crippen molar-refractivity contribution in [3.8, 4) is 0 Å². The second kappa shape index (κ2) is 8.15. The van der Waals surface area contributed by atoms with Gasteiger partial charge in [0.1, 0.15) is 0 Å². The lowest BCUT2D eigenvalue weighted by atomic mass is 10.2. The summed E-state index contributed by atoms with van der Waals surface area (Å²) in [6.07, 6.45) is 11.5. The second-order valence-electron chi connectivity index (χ2n) is 7.25. The van der Waals surface area contributed by atoms with Crippen molar-refractivity contribution < 1.29 is 4.79 Å². The van der Waals surface area contributed by atoms with Gasteiger partial charge in [-0.15, -0.1) is 0 Å². The molecule has 1 saturated heterocycles. The molecule has 0 spiro atoms. The number of nitrogens with one attached hydrogen (secondary N) is 1. The highest BCUT2D eigenvalue weighted by atomic mass is 35.5. The quantitative estimate of drug-likeness (QED) is 0.587. The third kappa shape index (κ3) is 4.70. The summed E-state index contributed by atoms with van der Waals surface area (Å²) in [5, 5.41) is 3.27. The fourth-order valence-electron chi connectivity index (χ4n) is 4.04. The van der Waals surface area contributed by atoms with Crippen LogP contribution in [0.2, 0.25) is 5.28 Å². The van der Waals surface area contributed by atoms with Crippen molar-refractivity contribution in [3.05, 3.63) is 59.4 Å². The van der Waals surface area contributed by atoms with Crippen LogP contribution in [0.1, 0.15) is 17.5 Å². The maximum atomic E-state index is 11.9. The smallest absolute Gasteiger partial charge is 0.244 e. The zero-order valence-corrected chi connectivity index (χ0v) is 15.7. The average Bonchev–Trinajstić information content (AvgIpc) is 3.13. The molecule has 2 fully saturated rings. The van der Waals surface area contributed by atoms with Gasteiger partial charge in [-0.05, 0) is 53.5 Å². The number of rotatable bonds is 7. The van der Waals surface area contributed by atoms with Crippen LogP contribution in [-0.2, 0) is 11.3 Å². The molecule has 0 aromatic carbocycles. The molecule has 2 aromatic heterocycles. The molecule has 1 aliphatic carbocycles. The van der Waals surface area contributed by atoms with Crippen LogP contribution in [0.3, 0.4) is 0 Å². The van der Waals surface area contributed by atoms with E-state index in [0.29, 0.717) is 5.28 Å². The Hall–Kier alpha value is -2.31. The Labute approximate surface area is 163 Å². The van der Waals surface area contributed by atoms with Gasteiger partial charge in [-0.3, -0.25) is 14.7 Å². The van der Waals surface area contributed by atoms with Crippen LogP contribution < -0.4 is 5.32 Å². The Morgan fingerprint density at radius 2 is 2.04 bits per heavy atom. The third-order valence-corrected chi connectivity index (χ3v) is 5.61. The predicted molar refractivity (Wildman–Crippen MR) is 104 cm³/mol. The fourth-order valence-corrected chi connectivity index (χ4v) is 4.14. The monoisotopic (exact) mass is 383 g/mol. The molecule has 1 amide bonds. The Morgan fingerprint density at radius 3 is 2.74 bits per heavy atom. The average molecular weight is 384 g/mol. The number of hydrogen-bond donors (Lipinski definition) is 1. The molecule has 3 heterocycles. The highest BCUT2D eigenvalue weighted by Gasteiger charge is 2.54. The summed E-state index contributed by atoms with van der Waals surface area (Å²) in [6, 6.07) is 3.77. The first kappa shape index (κ1) is 18.1. The molecule has 1 N–H and O–H groups in total. The number of piperidine rings is 1. The minimum absolute atomic E-state index is 0.0472. The van der Waals surface area contributed by atoms with Crippen LogP contribution in [0.4, 0.5) is 0 Å². The van der Waals surface area contributed by atoms with Gasteiger partial charge in [-0.1, -0.05) is 6.07 Å². The number of fused-ring (bicyclic) bond motifs is 1. The Balaban J connectivity index is 1.14. The van der Waals surface area contributed by atoms with E-state index in [4.69, 9.17) is 11.6 Å². The largest absolute Gasteiger partial charge is 0.353 e. The number of amides is 1. The van der Waals surface area contributed by atoms with Gasteiger partial charge in [-0.25, -0.2) is 9.97 Å². The van der Waals surface area contributed by atoms with Gasteiger partial charge in [0.2, 0.25) is 11.2 Å². The fraction of sp³-hybridized carbons (Fsp3) is 0.400. The first-order valence-electron chi connectivity index (χ1n) is 9.24. The SMILES string of the molecule is O=C(/C=C/c1cccnc1)NCC[C@H]1[C@H]2CN(Cc3cnc(Cl)nc3)C[C@@H]12. The molecule has 3 atom stereocenters. The molecular formula is C20H22ClN5O. The van der Waals surface area contributed by atoms with E-state index in [1.807, 2.05) is 12.1 Å². The van der Waals surface area contributed by atoms with E-state index in [1.54, 1.807) is 36.9 Å². The Bertz CT molecular complexity index is 799. The van der Waals surface area contributed by atoms with Crippen molar-refractivity contribution in [2.45, 2.75) is 13.0 Å². The third-order valence-electron chi connectivity index (χ3n) is 5.42. The second-order valence-corrected chi connectivity index (χ2v) is 7.58. The summed E-state index contributed by atoms with van der Waals surface area (Å²) in [5.74, 6) is 2.22. The van der Waals surface area contributed by atoms with Crippen molar-refractivity contribution in [1.29, 1.82) is 0 Å². The summed E-state index contributed by atoms with van der Waals surface area (Å²) in [4.78, 5) is 26.4. The van der Waals surface area contributed by atoms with Crippen LogP contribution in [0.15, 0.2) is 43.0 Å². The van der Waals surface area contributed by atoms with E-state index < -0.39 is 0 Å². The molecule has 140 valence electrons. The lowest BCUT2D eigenvalue weighted by Crippen LogP contribution is -2.26. The molecule has 2 aliphatic rings. The summed E-state index contributed by atoms with van der Waals surface area (Å²) in [5.41, 5.74) is 2.03. The number of carbonyl (C=O) groups excluding carboxylic acids is 1. The summed E-state index contributed by atoms with van der Waals surface area (Å²) in [7, 11) is 0. The number of halogens is 1. The number of carbonyl (C=O) groups is 1. The zero-order chi connectivity index (χ0) is 18.6. The minimum Gasteiger partial charge on any atom is -0.353 e. The zero-order valence-electron chi connectivity index (χ0n) is 15.0. The number of likely N-dealkylation sites (tertiary alicyclic amines) is 1. The van der Waals surface area contributed by atoms with Crippen molar-refractivity contribution in [1.82, 2.24) is 25.2 Å². The van der Waals surface area contributed by atoms with Gasteiger partial charge in [0, 0.05) is 62.6 Å². The normalized spacial score (nSPS) is 24.1. The van der Waals surface area contributed by atoms with Crippen LogP contribution in [0, 0.1) is 17.8 Å². The van der Waals surface area contributed by atoms with E-state index in [0.717, 1.165) is 61.5 Å². The van der Waals surface area contributed by atoms with E-state index >= 15 is 0 Å². The first-order valence-corrected chi connectivity index (χ1v) is 9.61. The topological polar surface area (TPSA) is 71.0 Å². The van der Waals surface area contributed by atoms with Crippen molar-refractivity contribution in [2.24, 2.45) is 17.8 Å². The van der Waals surface area contributed by atoms with E-state index in [2.05, 4.69) is 25.2 Å². The number of nitrogens with zero attached hydrogens (tertiary/aromatic N) is 4. The van der Waals surface area contributed by atoms with Gasteiger partial charge in [0.05, 0.1) is 0 Å². The summed E-state index contributed by atoms with van der Waals surface area (Å²) >= 11 is 5.73. The number of hydrogen-bond acceptors (Lipinski definition) is 5. The van der Waals surface area contributed by atoms with Crippen LogP contribution >= 0.6 is 11.6 Å². The molecule has 2 aromatic rings. The number of aromatic nitrogens is 3. The van der Waals surface area contributed by atoms with Crippen LogP contribution in [-0.4, -0.2) is 45.4 Å². The molecule has 27 heavy (non-hydrogen) atoms. The van der Waals surface area contributed by atoms with Gasteiger partial charge in [0.25, 0.3) is 0 Å². The lowest BCUT2D eigenvalue weighted by molar-refractivity contribution is -0.116. The molecule has 7 heteroatoms. The number of pyridine rings is 1. The lowest BCUT2D eigenvalue weighted by Gasteiger charge is -2.19. The van der Waals surface area contributed by atoms with Gasteiger partial charge >= 0.3 is 0 Å². The summed E-state index contributed by atoms with van der Waals surface area (Å²) in [6.45, 7) is 3.85. The molecule has 0 bridgehead atoms.